The lowest BCUT2D eigenvalue weighted by Gasteiger charge is -1.92. The van der Waals surface area contributed by atoms with Crippen LogP contribution < -0.4 is 0 Å². The predicted octanol–water partition coefficient (Wildman–Crippen LogP) is 4.37. The van der Waals surface area contributed by atoms with Crippen LogP contribution in [-0.2, 0) is 0 Å². The van der Waals surface area contributed by atoms with E-state index in [1.807, 2.05) is 0 Å². The van der Waals surface area contributed by atoms with E-state index >= 15 is 0 Å². The van der Waals surface area contributed by atoms with Crippen LogP contribution in [0.2, 0.25) is 0 Å². The quantitative estimate of drug-likeness (QED) is 0.528. The number of hydrogen-bond donors (Lipinski definition) is 0. The van der Waals surface area contributed by atoms with Crippen molar-refractivity contribution in [3.8, 4) is 0 Å². The van der Waals surface area contributed by atoms with E-state index in [9.17, 15) is 0 Å². The van der Waals surface area contributed by atoms with E-state index in [1.54, 1.807) is 0 Å². The topological polar surface area (TPSA) is 0 Å². The van der Waals surface area contributed by atoms with Gasteiger partial charge in [-0.2, -0.15) is 0 Å². The summed E-state index contributed by atoms with van der Waals surface area (Å²) >= 11 is 0. The van der Waals surface area contributed by atoms with Crippen LogP contribution in [0.5, 0.6) is 0 Å². The molecular weight excluding hydrogens is 168 g/mol. The summed E-state index contributed by atoms with van der Waals surface area (Å²) in [5.74, 6) is 0. The third-order valence-corrected chi connectivity index (χ3v) is 2.16. The lowest BCUT2D eigenvalue weighted by atomic mass is 10.1. The molecule has 1 aliphatic carbocycles. The van der Waals surface area contributed by atoms with Gasteiger partial charge in [0.2, 0.25) is 0 Å². The fourth-order valence-corrected chi connectivity index (χ4v) is 1.34. The lowest BCUT2D eigenvalue weighted by Crippen LogP contribution is -1.73. The van der Waals surface area contributed by atoms with E-state index in [4.69, 9.17) is 0 Å². The molecule has 1 rings (SSSR count). The Morgan fingerprint density at radius 1 is 0.714 bits per heavy atom. The van der Waals surface area contributed by atoms with Crippen molar-refractivity contribution in [3.63, 3.8) is 0 Å². The van der Waals surface area contributed by atoms with Gasteiger partial charge in [-0.1, -0.05) is 42.5 Å². The van der Waals surface area contributed by atoms with Gasteiger partial charge in [-0.05, 0) is 44.6 Å². The Hall–Kier alpha value is -1.04. The highest BCUT2D eigenvalue weighted by atomic mass is 13.9. The molecule has 0 heterocycles. The third-order valence-electron chi connectivity index (χ3n) is 2.16. The Morgan fingerprint density at radius 3 is 2.21 bits per heavy atom. The van der Waals surface area contributed by atoms with Gasteiger partial charge in [0, 0.05) is 0 Å². The third kappa shape index (κ3) is 6.47. The van der Waals surface area contributed by atoms with Crippen molar-refractivity contribution in [2.75, 3.05) is 0 Å². The Balaban J connectivity index is 2.35. The van der Waals surface area contributed by atoms with E-state index in [2.05, 4.69) is 48.6 Å². The molecule has 0 nitrogen and oxygen atoms in total. The molecule has 0 atom stereocenters. The highest BCUT2D eigenvalue weighted by Gasteiger charge is 1.83. The van der Waals surface area contributed by atoms with Gasteiger partial charge >= 0.3 is 0 Å². The first-order chi connectivity index (χ1) is 7.00. The Kier molecular flexibility index (Phi) is 6.74. The average Bonchev–Trinajstić information content (AvgIpc) is 2.22. The van der Waals surface area contributed by atoms with E-state index in [0.29, 0.717) is 0 Å². The summed E-state index contributed by atoms with van der Waals surface area (Å²) in [5, 5.41) is 0. The normalized spacial score (nSPS) is 19.4. The van der Waals surface area contributed by atoms with Crippen molar-refractivity contribution < 1.29 is 0 Å². The molecule has 0 saturated heterocycles. The second-order valence-electron chi connectivity index (χ2n) is 3.47. The standard InChI is InChI=1S/C14H19/c1-2-4-6-8-10-12-14-13-11-9-7-5-3-1/h1-6,13H,7-12H2. The molecule has 0 amide bonds. The van der Waals surface area contributed by atoms with Crippen LogP contribution in [-0.4, -0.2) is 0 Å². The van der Waals surface area contributed by atoms with Crippen molar-refractivity contribution in [1.82, 2.24) is 0 Å². The summed E-state index contributed by atoms with van der Waals surface area (Å²) < 4.78 is 0. The summed E-state index contributed by atoms with van der Waals surface area (Å²) in [6, 6.07) is 0. The summed E-state index contributed by atoms with van der Waals surface area (Å²) in [5.41, 5.74) is 0. The molecular formula is C14H19. The SMILES string of the molecule is [C]1=CCCCC=CC=CC=CCCC1. The van der Waals surface area contributed by atoms with Crippen LogP contribution >= 0.6 is 0 Å². The van der Waals surface area contributed by atoms with Crippen molar-refractivity contribution in [1.29, 1.82) is 0 Å². The Bertz CT molecular complexity index is 204. The minimum Gasteiger partial charge on any atom is -0.0845 e. The largest absolute Gasteiger partial charge is 0.0845 e. The molecule has 0 unspecified atom stereocenters. The molecule has 0 saturated carbocycles. The van der Waals surface area contributed by atoms with Crippen molar-refractivity contribution in [2.45, 2.75) is 38.5 Å². The summed E-state index contributed by atoms with van der Waals surface area (Å²) in [4.78, 5) is 0. The van der Waals surface area contributed by atoms with Crippen molar-refractivity contribution in [2.24, 2.45) is 0 Å². The first-order valence-corrected chi connectivity index (χ1v) is 5.53. The molecule has 0 aromatic carbocycles. The molecule has 0 N–H and O–H groups in total. The van der Waals surface area contributed by atoms with Crippen LogP contribution in [0.1, 0.15) is 38.5 Å². The minimum absolute atomic E-state index is 1.10. The molecule has 0 fully saturated rings. The van der Waals surface area contributed by atoms with Gasteiger partial charge in [-0.3, -0.25) is 0 Å². The molecule has 75 valence electrons. The molecule has 0 aromatic rings. The highest BCUT2D eigenvalue weighted by molar-refractivity contribution is 5.11. The summed E-state index contributed by atoms with van der Waals surface area (Å²) in [7, 11) is 0. The van der Waals surface area contributed by atoms with Gasteiger partial charge in [0.25, 0.3) is 0 Å². The van der Waals surface area contributed by atoms with Gasteiger partial charge in [0.15, 0.2) is 0 Å². The fraction of sp³-hybridized carbons (Fsp3) is 0.429. The molecule has 0 bridgehead atoms. The molecule has 0 heteroatoms. The predicted molar refractivity (Wildman–Crippen MR) is 62.9 cm³/mol. The van der Waals surface area contributed by atoms with Crippen molar-refractivity contribution >= 4 is 0 Å². The van der Waals surface area contributed by atoms with Crippen LogP contribution in [0.25, 0.3) is 0 Å². The number of rotatable bonds is 0. The summed E-state index contributed by atoms with van der Waals surface area (Å²) in [6.07, 6.45) is 25.5. The van der Waals surface area contributed by atoms with Gasteiger partial charge in [0.05, 0.1) is 0 Å². The molecule has 1 radical (unpaired) electrons. The van der Waals surface area contributed by atoms with Gasteiger partial charge in [0.1, 0.15) is 0 Å². The van der Waals surface area contributed by atoms with Gasteiger partial charge < -0.3 is 0 Å². The second kappa shape index (κ2) is 8.55. The molecule has 0 aromatic heterocycles. The highest BCUT2D eigenvalue weighted by Crippen LogP contribution is 2.02. The van der Waals surface area contributed by atoms with Crippen LogP contribution in [0, 0.1) is 6.08 Å². The molecule has 1 aliphatic rings. The number of allylic oxidation sites excluding steroid dienone is 8. The zero-order chi connectivity index (χ0) is 9.90. The first kappa shape index (κ1) is 11.0. The maximum atomic E-state index is 3.34. The second-order valence-corrected chi connectivity index (χ2v) is 3.47. The van der Waals surface area contributed by atoms with Crippen LogP contribution in [0.3, 0.4) is 0 Å². The smallest absolute Gasteiger partial charge is 0.0276 e. The molecule has 0 spiro atoms. The zero-order valence-corrected chi connectivity index (χ0v) is 8.78. The van der Waals surface area contributed by atoms with Gasteiger partial charge in [-0.25, -0.2) is 0 Å². The van der Waals surface area contributed by atoms with E-state index in [1.165, 1.54) is 25.7 Å². The van der Waals surface area contributed by atoms with Gasteiger partial charge in [-0.15, -0.1) is 0 Å². The zero-order valence-electron chi connectivity index (χ0n) is 8.78. The lowest BCUT2D eigenvalue weighted by molar-refractivity contribution is 0.829. The maximum Gasteiger partial charge on any atom is -0.0276 e. The molecule has 14 heavy (non-hydrogen) atoms. The van der Waals surface area contributed by atoms with E-state index in [0.717, 1.165) is 12.8 Å². The molecule has 0 aliphatic heterocycles. The Labute approximate surface area is 87.7 Å². The average molecular weight is 187 g/mol. The maximum absolute atomic E-state index is 3.34. The first-order valence-electron chi connectivity index (χ1n) is 5.53. The van der Waals surface area contributed by atoms with E-state index < -0.39 is 0 Å². The minimum atomic E-state index is 1.10. The number of hydrogen-bond acceptors (Lipinski definition) is 0. The van der Waals surface area contributed by atoms with Crippen molar-refractivity contribution in [3.05, 3.63) is 48.6 Å². The monoisotopic (exact) mass is 187 g/mol. The van der Waals surface area contributed by atoms with E-state index in [-0.39, 0.29) is 0 Å². The Morgan fingerprint density at radius 2 is 1.43 bits per heavy atom. The van der Waals surface area contributed by atoms with Crippen LogP contribution in [0.4, 0.5) is 0 Å². The summed E-state index contributed by atoms with van der Waals surface area (Å²) in [6.45, 7) is 0. The van der Waals surface area contributed by atoms with Crippen LogP contribution in [0.15, 0.2) is 42.5 Å². The fourth-order valence-electron chi connectivity index (χ4n) is 1.34.